The molecule has 0 aromatic carbocycles. The Labute approximate surface area is 142 Å². The molecule has 0 aliphatic heterocycles. The van der Waals surface area contributed by atoms with Crippen LogP contribution in [0.25, 0.3) is 0 Å². The molecule has 0 saturated carbocycles. The molecule has 0 unspecified atom stereocenters. The second-order valence-corrected chi connectivity index (χ2v) is 5.71. The van der Waals surface area contributed by atoms with E-state index in [0.29, 0.717) is 0 Å². The number of primary amides is 1. The molecule has 0 fully saturated rings. The van der Waals surface area contributed by atoms with E-state index in [1.165, 1.54) is 14.0 Å². The van der Waals surface area contributed by atoms with Crippen LogP contribution in [-0.4, -0.2) is 42.9 Å². The third-order valence-corrected chi connectivity index (χ3v) is 3.48. The average molecular weight is 343 g/mol. The number of amides is 3. The van der Waals surface area contributed by atoms with Crippen molar-refractivity contribution in [1.82, 2.24) is 10.6 Å². The number of ether oxygens (including phenoxy) is 1. The van der Waals surface area contributed by atoms with Crippen LogP contribution < -0.4 is 16.4 Å². The molecular formula is C16H29N3O5. The van der Waals surface area contributed by atoms with Crippen LogP contribution in [0, 0.1) is 0 Å². The molecule has 0 radical (unpaired) electrons. The van der Waals surface area contributed by atoms with Crippen LogP contribution in [-0.2, 0) is 23.9 Å². The standard InChI is InChI=1S/C16H29N3O5/c1-4-5-6-7-8-9-14(21)19-12(10-13(17)20)15(22)18-11(2)16(23)24-3/h11-12H,4-10H2,1-3H3,(H2,17,20)(H,18,22)(H,19,21)/t11-,12+/m0/s1. The summed E-state index contributed by atoms with van der Waals surface area (Å²) in [5.74, 6) is -2.31. The summed E-state index contributed by atoms with van der Waals surface area (Å²) in [6.07, 6.45) is 4.90. The minimum Gasteiger partial charge on any atom is -0.467 e. The summed E-state index contributed by atoms with van der Waals surface area (Å²) in [4.78, 5) is 46.5. The van der Waals surface area contributed by atoms with Crippen LogP contribution in [0.15, 0.2) is 0 Å². The Morgan fingerprint density at radius 3 is 2.21 bits per heavy atom. The third-order valence-electron chi connectivity index (χ3n) is 3.48. The number of esters is 1. The summed E-state index contributed by atoms with van der Waals surface area (Å²) in [5.41, 5.74) is 5.12. The van der Waals surface area contributed by atoms with Gasteiger partial charge >= 0.3 is 5.97 Å². The molecule has 0 bridgehead atoms. The number of nitrogens with two attached hydrogens (primary N) is 1. The van der Waals surface area contributed by atoms with E-state index in [1.807, 2.05) is 0 Å². The highest BCUT2D eigenvalue weighted by atomic mass is 16.5. The Morgan fingerprint density at radius 1 is 1.04 bits per heavy atom. The first-order valence-electron chi connectivity index (χ1n) is 8.27. The molecule has 0 spiro atoms. The van der Waals surface area contributed by atoms with Gasteiger partial charge in [0.2, 0.25) is 17.7 Å². The second-order valence-electron chi connectivity index (χ2n) is 5.71. The lowest BCUT2D eigenvalue weighted by molar-refractivity contribution is -0.144. The van der Waals surface area contributed by atoms with Gasteiger partial charge in [0.05, 0.1) is 13.5 Å². The Morgan fingerprint density at radius 2 is 1.67 bits per heavy atom. The van der Waals surface area contributed by atoms with Crippen LogP contribution >= 0.6 is 0 Å². The number of nitrogens with one attached hydrogen (secondary N) is 2. The highest BCUT2D eigenvalue weighted by Crippen LogP contribution is 2.05. The SMILES string of the molecule is CCCCCCCC(=O)N[C@H](CC(N)=O)C(=O)N[C@@H](C)C(=O)OC. The largest absolute Gasteiger partial charge is 0.467 e. The Kier molecular flexibility index (Phi) is 11.2. The van der Waals surface area contributed by atoms with Gasteiger partial charge in [0.25, 0.3) is 0 Å². The molecule has 0 rings (SSSR count). The Bertz CT molecular complexity index is 439. The first-order chi connectivity index (χ1) is 11.3. The van der Waals surface area contributed by atoms with Crippen molar-refractivity contribution in [1.29, 1.82) is 0 Å². The number of hydrogen-bond acceptors (Lipinski definition) is 5. The fraction of sp³-hybridized carbons (Fsp3) is 0.750. The molecule has 0 saturated heterocycles. The molecule has 138 valence electrons. The summed E-state index contributed by atoms with van der Waals surface area (Å²) in [5, 5.41) is 4.89. The molecule has 4 N–H and O–H groups in total. The maximum atomic E-state index is 12.1. The summed E-state index contributed by atoms with van der Waals surface area (Å²) < 4.78 is 4.51. The molecule has 0 aromatic heterocycles. The lowest BCUT2D eigenvalue weighted by Gasteiger charge is -2.19. The van der Waals surface area contributed by atoms with Crippen molar-refractivity contribution in [2.24, 2.45) is 5.73 Å². The van der Waals surface area contributed by atoms with Gasteiger partial charge in [-0.1, -0.05) is 32.6 Å². The van der Waals surface area contributed by atoms with Crippen molar-refractivity contribution in [2.45, 2.75) is 70.9 Å². The zero-order valence-electron chi connectivity index (χ0n) is 14.7. The predicted octanol–water partition coefficient (Wildman–Crippen LogP) is 0.385. The molecule has 8 heteroatoms. The molecule has 8 nitrogen and oxygen atoms in total. The zero-order chi connectivity index (χ0) is 18.5. The van der Waals surface area contributed by atoms with Crippen LogP contribution in [0.5, 0.6) is 0 Å². The molecule has 2 atom stereocenters. The lowest BCUT2D eigenvalue weighted by atomic mass is 10.1. The van der Waals surface area contributed by atoms with Gasteiger partial charge in [-0.3, -0.25) is 14.4 Å². The van der Waals surface area contributed by atoms with E-state index in [1.54, 1.807) is 0 Å². The highest BCUT2D eigenvalue weighted by molar-refractivity contribution is 5.93. The maximum Gasteiger partial charge on any atom is 0.328 e. The highest BCUT2D eigenvalue weighted by Gasteiger charge is 2.26. The van der Waals surface area contributed by atoms with Gasteiger partial charge in [-0.25, -0.2) is 4.79 Å². The summed E-state index contributed by atoms with van der Waals surface area (Å²) in [7, 11) is 1.20. The molecular weight excluding hydrogens is 314 g/mol. The molecule has 0 aliphatic rings. The fourth-order valence-electron chi connectivity index (χ4n) is 2.12. The molecule has 0 aromatic rings. The van der Waals surface area contributed by atoms with Crippen molar-refractivity contribution >= 4 is 23.7 Å². The summed E-state index contributed by atoms with van der Waals surface area (Å²) >= 11 is 0. The number of carbonyl (C=O) groups is 4. The van der Waals surface area contributed by atoms with Crippen molar-refractivity contribution < 1.29 is 23.9 Å². The molecule has 3 amide bonds. The van der Waals surface area contributed by atoms with Gasteiger partial charge in [-0.05, 0) is 13.3 Å². The predicted molar refractivity (Wildman–Crippen MR) is 88.7 cm³/mol. The first kappa shape index (κ1) is 21.9. The van der Waals surface area contributed by atoms with E-state index in [0.717, 1.165) is 32.1 Å². The zero-order valence-corrected chi connectivity index (χ0v) is 14.7. The topological polar surface area (TPSA) is 128 Å². The van der Waals surface area contributed by atoms with Gasteiger partial charge in [-0.15, -0.1) is 0 Å². The van der Waals surface area contributed by atoms with E-state index in [4.69, 9.17) is 5.73 Å². The van der Waals surface area contributed by atoms with E-state index in [9.17, 15) is 19.2 Å². The lowest BCUT2D eigenvalue weighted by Crippen LogP contribution is -2.52. The minimum atomic E-state index is -1.10. The minimum absolute atomic E-state index is 0.277. The van der Waals surface area contributed by atoms with E-state index in [2.05, 4.69) is 22.3 Å². The molecule has 0 heterocycles. The quantitative estimate of drug-likeness (QED) is 0.349. The average Bonchev–Trinajstić information content (AvgIpc) is 2.52. The van der Waals surface area contributed by atoms with E-state index in [-0.39, 0.29) is 18.7 Å². The smallest absolute Gasteiger partial charge is 0.328 e. The van der Waals surface area contributed by atoms with Crippen molar-refractivity contribution in [3.63, 3.8) is 0 Å². The summed E-state index contributed by atoms with van der Waals surface area (Å²) in [6, 6.07) is -1.98. The summed E-state index contributed by atoms with van der Waals surface area (Å²) in [6.45, 7) is 3.55. The van der Waals surface area contributed by atoms with Crippen molar-refractivity contribution in [3.8, 4) is 0 Å². The number of rotatable bonds is 12. The Hall–Kier alpha value is -2.12. The molecule has 0 aliphatic carbocycles. The Balaban J connectivity index is 4.48. The van der Waals surface area contributed by atoms with Gasteiger partial charge in [-0.2, -0.15) is 0 Å². The second kappa shape index (κ2) is 12.3. The first-order valence-corrected chi connectivity index (χ1v) is 8.27. The number of hydrogen-bond donors (Lipinski definition) is 3. The third kappa shape index (κ3) is 9.81. The maximum absolute atomic E-state index is 12.1. The van der Waals surface area contributed by atoms with Crippen LogP contribution in [0.1, 0.15) is 58.8 Å². The van der Waals surface area contributed by atoms with Gasteiger partial charge in [0, 0.05) is 6.42 Å². The van der Waals surface area contributed by atoms with Crippen molar-refractivity contribution in [3.05, 3.63) is 0 Å². The van der Waals surface area contributed by atoms with Gasteiger partial charge in [0.15, 0.2) is 0 Å². The van der Waals surface area contributed by atoms with Gasteiger partial charge < -0.3 is 21.1 Å². The van der Waals surface area contributed by atoms with Crippen LogP contribution in [0.2, 0.25) is 0 Å². The normalized spacial score (nSPS) is 12.8. The number of unbranched alkanes of at least 4 members (excludes halogenated alkanes) is 4. The molecule has 24 heavy (non-hydrogen) atoms. The van der Waals surface area contributed by atoms with Crippen molar-refractivity contribution in [2.75, 3.05) is 7.11 Å². The number of carbonyl (C=O) groups excluding carboxylic acids is 4. The van der Waals surface area contributed by atoms with Crippen LogP contribution in [0.3, 0.4) is 0 Å². The van der Waals surface area contributed by atoms with Crippen LogP contribution in [0.4, 0.5) is 0 Å². The van der Waals surface area contributed by atoms with E-state index < -0.39 is 29.9 Å². The fourth-order valence-corrected chi connectivity index (χ4v) is 2.12. The van der Waals surface area contributed by atoms with Gasteiger partial charge in [0.1, 0.15) is 12.1 Å². The van der Waals surface area contributed by atoms with E-state index >= 15 is 0 Å². The number of methoxy groups -OCH3 is 1. The monoisotopic (exact) mass is 343 g/mol.